The van der Waals surface area contributed by atoms with Crippen LogP contribution >= 0.6 is 0 Å². The van der Waals surface area contributed by atoms with Crippen molar-refractivity contribution in [2.45, 2.75) is 71.3 Å². The van der Waals surface area contributed by atoms with Crippen LogP contribution in [0.2, 0.25) is 0 Å². The lowest BCUT2D eigenvalue weighted by molar-refractivity contribution is -0.130. The molecule has 0 aliphatic carbocycles. The Morgan fingerprint density at radius 3 is 1.91 bits per heavy atom. The number of hydrogen-bond acceptors (Lipinski definition) is 4. The van der Waals surface area contributed by atoms with Crippen molar-refractivity contribution in [3.63, 3.8) is 0 Å². The Labute approximate surface area is 210 Å². The normalized spacial score (nSPS) is 13.2. The maximum atomic E-state index is 12.5. The Balaban J connectivity index is 2.23. The van der Waals surface area contributed by atoms with Gasteiger partial charge in [-0.3, -0.25) is 4.79 Å². The molecule has 1 aromatic rings. The van der Waals surface area contributed by atoms with E-state index in [4.69, 9.17) is 9.84 Å². The summed E-state index contributed by atoms with van der Waals surface area (Å²) in [4.78, 5) is 23.7. The van der Waals surface area contributed by atoms with Gasteiger partial charge in [0.2, 0.25) is 0 Å². The van der Waals surface area contributed by atoms with Gasteiger partial charge in [0.15, 0.2) is 5.78 Å². The average molecular weight is 481 g/mol. The molecular formula is C30H40O5. The van der Waals surface area contributed by atoms with E-state index in [2.05, 4.69) is 61.6 Å². The quantitative estimate of drug-likeness (QED) is 0.172. The number of rotatable bonds is 18. The predicted molar refractivity (Wildman–Crippen MR) is 143 cm³/mol. The number of hydrogen-bond donors (Lipinski definition) is 2. The van der Waals surface area contributed by atoms with Crippen molar-refractivity contribution < 1.29 is 24.5 Å². The molecule has 0 fully saturated rings. The van der Waals surface area contributed by atoms with Crippen molar-refractivity contribution in [3.05, 3.63) is 90.1 Å². The molecule has 35 heavy (non-hydrogen) atoms. The third-order valence-corrected chi connectivity index (χ3v) is 5.16. The van der Waals surface area contributed by atoms with Crippen LogP contribution in [0.3, 0.4) is 0 Å². The first kappa shape index (κ1) is 29.9. The van der Waals surface area contributed by atoms with Gasteiger partial charge in [0.25, 0.3) is 0 Å². The minimum Gasteiger partial charge on any atom is -0.507 e. The fourth-order valence-corrected chi connectivity index (χ4v) is 3.26. The Kier molecular flexibility index (Phi) is 16.3. The fourth-order valence-electron chi connectivity index (χ4n) is 3.26. The second-order valence-electron chi connectivity index (χ2n) is 8.06. The first-order valence-corrected chi connectivity index (χ1v) is 12.4. The average Bonchev–Trinajstić information content (AvgIpc) is 2.84. The third-order valence-electron chi connectivity index (χ3n) is 5.16. The van der Waals surface area contributed by atoms with Crippen LogP contribution in [0.5, 0.6) is 5.75 Å². The molecule has 0 amide bonds. The number of phenols is 1. The van der Waals surface area contributed by atoms with Gasteiger partial charge in [-0.15, -0.1) is 0 Å². The zero-order valence-electron chi connectivity index (χ0n) is 21.1. The minimum atomic E-state index is -1.22. The number of benzene rings is 1. The summed E-state index contributed by atoms with van der Waals surface area (Å²) in [5.41, 5.74) is 0.340. The van der Waals surface area contributed by atoms with Crippen LogP contribution in [0, 0.1) is 0 Å². The lowest BCUT2D eigenvalue weighted by atomic mass is 10.0. The zero-order valence-corrected chi connectivity index (χ0v) is 21.1. The number of ether oxygens (including phenoxy) is 1. The van der Waals surface area contributed by atoms with Gasteiger partial charge in [0, 0.05) is 6.42 Å². The van der Waals surface area contributed by atoms with Crippen LogP contribution in [-0.2, 0) is 16.0 Å². The van der Waals surface area contributed by atoms with E-state index in [0.717, 1.165) is 38.5 Å². The molecule has 0 bridgehead atoms. The monoisotopic (exact) mass is 480 g/mol. The second-order valence-corrected chi connectivity index (χ2v) is 8.06. The van der Waals surface area contributed by atoms with Crippen molar-refractivity contribution >= 4 is 11.8 Å². The number of carbonyl (C=O) groups is 2. The molecule has 1 unspecified atom stereocenters. The van der Waals surface area contributed by atoms with Gasteiger partial charge in [-0.05, 0) is 62.6 Å². The van der Waals surface area contributed by atoms with Crippen molar-refractivity contribution in [2.24, 2.45) is 0 Å². The van der Waals surface area contributed by atoms with Gasteiger partial charge in [-0.25, -0.2) is 4.79 Å². The van der Waals surface area contributed by atoms with Crippen LogP contribution in [0.25, 0.3) is 0 Å². The van der Waals surface area contributed by atoms with Crippen molar-refractivity contribution in [2.75, 3.05) is 6.61 Å². The summed E-state index contributed by atoms with van der Waals surface area (Å²) in [5.74, 6) is -1.63. The number of carbonyl (C=O) groups excluding carboxylic acids is 1. The molecule has 0 heterocycles. The van der Waals surface area contributed by atoms with Crippen LogP contribution < -0.4 is 0 Å². The largest absolute Gasteiger partial charge is 0.507 e. The van der Waals surface area contributed by atoms with Crippen LogP contribution in [0.4, 0.5) is 0 Å². The predicted octanol–water partition coefficient (Wildman–Crippen LogP) is 7.14. The minimum absolute atomic E-state index is 0.0702. The first-order valence-electron chi connectivity index (χ1n) is 12.4. The molecule has 0 saturated heterocycles. The molecule has 0 aliphatic rings. The standard InChI is InChI=1S/C30H40O5/c1-3-5-6-7-8-9-10-11-12-13-14-15-16-17-18-19-22-35-29(4-2)28(32)24-25-20-21-27(31)26(23-25)30(33)34/h5-6,8-9,11-12,14-15,17-18,20-21,23,29,31H,3-4,7,10,13,16,19,22,24H2,1-2H3,(H,33,34)/b6-5-,9-8-,12-11-,15-14-,18-17-. The summed E-state index contributed by atoms with van der Waals surface area (Å²) >= 11 is 0. The van der Waals surface area contributed by atoms with Crippen LogP contribution in [0.15, 0.2) is 79.0 Å². The van der Waals surface area contributed by atoms with Crippen molar-refractivity contribution in [3.8, 4) is 5.75 Å². The topological polar surface area (TPSA) is 83.8 Å². The summed E-state index contributed by atoms with van der Waals surface area (Å²) in [6, 6.07) is 4.19. The van der Waals surface area contributed by atoms with E-state index in [-0.39, 0.29) is 23.5 Å². The highest BCUT2D eigenvalue weighted by Crippen LogP contribution is 2.19. The van der Waals surface area contributed by atoms with E-state index in [1.54, 1.807) is 6.07 Å². The Hall–Kier alpha value is -3.18. The van der Waals surface area contributed by atoms with Gasteiger partial charge in [0.1, 0.15) is 17.4 Å². The fraction of sp³-hybridized carbons (Fsp3) is 0.400. The number of aromatic carboxylic acids is 1. The molecule has 0 aliphatic heterocycles. The number of aromatic hydroxyl groups is 1. The van der Waals surface area contributed by atoms with E-state index in [1.165, 1.54) is 12.1 Å². The lowest BCUT2D eigenvalue weighted by Gasteiger charge is -2.15. The number of Topliss-reactive ketones (excluding diaryl/α,β-unsaturated/α-hetero) is 1. The van der Waals surface area contributed by atoms with Gasteiger partial charge >= 0.3 is 5.97 Å². The molecule has 1 rings (SSSR count). The highest BCUT2D eigenvalue weighted by atomic mass is 16.5. The maximum absolute atomic E-state index is 12.5. The molecule has 5 nitrogen and oxygen atoms in total. The maximum Gasteiger partial charge on any atom is 0.339 e. The lowest BCUT2D eigenvalue weighted by Crippen LogP contribution is -2.25. The number of ketones is 1. The molecule has 0 aromatic heterocycles. The van der Waals surface area contributed by atoms with Crippen molar-refractivity contribution in [1.29, 1.82) is 0 Å². The highest BCUT2D eigenvalue weighted by molar-refractivity contribution is 5.92. The van der Waals surface area contributed by atoms with E-state index < -0.39 is 12.1 Å². The molecule has 2 N–H and O–H groups in total. The Morgan fingerprint density at radius 1 is 0.857 bits per heavy atom. The number of carboxylic acid groups (broad SMARTS) is 1. The third kappa shape index (κ3) is 14.0. The Morgan fingerprint density at radius 2 is 1.40 bits per heavy atom. The first-order chi connectivity index (χ1) is 17.0. The van der Waals surface area contributed by atoms with Crippen LogP contribution in [-0.4, -0.2) is 34.7 Å². The molecular weight excluding hydrogens is 440 g/mol. The van der Waals surface area contributed by atoms with E-state index >= 15 is 0 Å². The summed E-state index contributed by atoms with van der Waals surface area (Å²) < 4.78 is 5.74. The molecule has 1 atom stereocenters. The van der Waals surface area contributed by atoms with Gasteiger partial charge < -0.3 is 14.9 Å². The molecule has 190 valence electrons. The number of allylic oxidation sites excluding steroid dienone is 9. The van der Waals surface area contributed by atoms with E-state index in [0.29, 0.717) is 18.6 Å². The summed E-state index contributed by atoms with van der Waals surface area (Å²) in [7, 11) is 0. The molecule has 0 saturated carbocycles. The van der Waals surface area contributed by atoms with E-state index in [1.807, 2.05) is 13.0 Å². The van der Waals surface area contributed by atoms with Gasteiger partial charge in [-0.1, -0.05) is 80.7 Å². The molecule has 1 aromatic carbocycles. The SMILES string of the molecule is CC/C=C\C/C=C\C/C=C\C/C=C\C/C=C\CCOC(CC)C(=O)Cc1ccc(O)c(C(=O)O)c1. The number of carboxylic acids is 1. The summed E-state index contributed by atoms with van der Waals surface area (Å²) in [6.45, 7) is 4.47. The summed E-state index contributed by atoms with van der Waals surface area (Å²) in [5, 5.41) is 18.7. The molecule has 0 spiro atoms. The highest BCUT2D eigenvalue weighted by Gasteiger charge is 2.18. The molecule has 5 heteroatoms. The zero-order chi connectivity index (χ0) is 25.7. The van der Waals surface area contributed by atoms with Crippen molar-refractivity contribution in [1.82, 2.24) is 0 Å². The van der Waals surface area contributed by atoms with Gasteiger partial charge in [-0.2, -0.15) is 0 Å². The Bertz CT molecular complexity index is 905. The van der Waals surface area contributed by atoms with E-state index in [9.17, 15) is 14.7 Å². The smallest absolute Gasteiger partial charge is 0.339 e. The summed E-state index contributed by atoms with van der Waals surface area (Å²) in [6.07, 6.45) is 27.2. The van der Waals surface area contributed by atoms with Gasteiger partial charge in [0.05, 0.1) is 6.61 Å². The second kappa shape index (κ2) is 19.2. The van der Waals surface area contributed by atoms with Crippen LogP contribution in [0.1, 0.15) is 74.7 Å². The molecule has 0 radical (unpaired) electrons.